The van der Waals surface area contributed by atoms with Gasteiger partial charge in [0.25, 0.3) is 0 Å². The molecule has 0 unspecified atom stereocenters. The lowest BCUT2D eigenvalue weighted by Crippen LogP contribution is -2.16. The molecule has 0 bridgehead atoms. The topological polar surface area (TPSA) is 50.9 Å². The molecule has 0 spiro atoms. The van der Waals surface area contributed by atoms with E-state index in [0.29, 0.717) is 5.56 Å². The number of fused-ring (bicyclic) bond motifs is 3. The van der Waals surface area contributed by atoms with Crippen LogP contribution >= 0.6 is 0 Å². The van der Waals surface area contributed by atoms with Gasteiger partial charge in [0.2, 0.25) is 0 Å². The monoisotopic (exact) mass is 753 g/mol. The predicted molar refractivity (Wildman–Crippen MR) is 243 cm³/mol. The van der Waals surface area contributed by atoms with Crippen LogP contribution in [0.15, 0.2) is 170 Å². The maximum Gasteiger partial charge on any atom is 0.124 e. The Morgan fingerprint density at radius 3 is 1.76 bits per heavy atom. The van der Waals surface area contributed by atoms with Gasteiger partial charge >= 0.3 is 0 Å². The SMILES string of the molecule is CC(C)(C)c1cc(-c2cc(-c3cccc(-c4ccc(-c5ccc6c7ccccc7n(-c7ccccc7)c6c5)cn4)c3)nc(-c3ccccc3O)c2)cc(C(C)(C)C)c1. The number of para-hydroxylation sites is 3. The maximum absolute atomic E-state index is 11.0. The molecule has 0 saturated carbocycles. The molecule has 9 aromatic rings. The van der Waals surface area contributed by atoms with Crippen LogP contribution < -0.4 is 0 Å². The van der Waals surface area contributed by atoms with Crippen molar-refractivity contribution in [2.45, 2.75) is 52.4 Å². The van der Waals surface area contributed by atoms with Crippen LogP contribution in [0.5, 0.6) is 5.75 Å². The first-order chi connectivity index (χ1) is 27.9. The molecule has 3 heterocycles. The Hall–Kier alpha value is -6.78. The molecule has 0 amide bonds. The summed E-state index contributed by atoms with van der Waals surface area (Å²) in [6, 6.07) is 57.3. The Labute approximate surface area is 341 Å². The summed E-state index contributed by atoms with van der Waals surface area (Å²) in [5, 5.41) is 13.5. The average molecular weight is 754 g/mol. The number of hydrogen-bond donors (Lipinski definition) is 1. The number of aromatic hydroxyl groups is 1. The van der Waals surface area contributed by atoms with Crippen LogP contribution in [0.4, 0.5) is 0 Å². The average Bonchev–Trinajstić information content (AvgIpc) is 3.57. The van der Waals surface area contributed by atoms with Gasteiger partial charge in [0.15, 0.2) is 0 Å². The highest BCUT2D eigenvalue weighted by Crippen LogP contribution is 2.39. The fourth-order valence-corrected chi connectivity index (χ4v) is 7.91. The zero-order chi connectivity index (χ0) is 40.2. The lowest BCUT2D eigenvalue weighted by Gasteiger charge is -2.26. The van der Waals surface area contributed by atoms with Crippen LogP contribution in [0.2, 0.25) is 0 Å². The Kier molecular flexibility index (Phi) is 9.09. The van der Waals surface area contributed by atoms with Gasteiger partial charge in [-0.1, -0.05) is 145 Å². The Morgan fingerprint density at radius 1 is 0.431 bits per heavy atom. The molecule has 0 saturated heterocycles. The molecule has 0 fully saturated rings. The first kappa shape index (κ1) is 36.8. The van der Waals surface area contributed by atoms with E-state index in [9.17, 15) is 5.11 Å². The molecule has 0 aliphatic heterocycles. The van der Waals surface area contributed by atoms with Gasteiger partial charge in [-0.2, -0.15) is 0 Å². The Balaban J connectivity index is 1.11. The highest BCUT2D eigenvalue weighted by Gasteiger charge is 2.22. The van der Waals surface area contributed by atoms with Crippen LogP contribution in [-0.2, 0) is 10.8 Å². The van der Waals surface area contributed by atoms with Gasteiger partial charge in [0.05, 0.1) is 28.1 Å². The van der Waals surface area contributed by atoms with Crippen LogP contribution in [-0.4, -0.2) is 19.6 Å². The summed E-state index contributed by atoms with van der Waals surface area (Å²) >= 11 is 0. The number of rotatable bonds is 6. The number of benzene rings is 6. The number of aromatic nitrogens is 3. The van der Waals surface area contributed by atoms with Gasteiger partial charge in [0.1, 0.15) is 5.75 Å². The number of phenols is 1. The van der Waals surface area contributed by atoms with E-state index < -0.39 is 0 Å². The van der Waals surface area contributed by atoms with Gasteiger partial charge in [-0.3, -0.25) is 4.98 Å². The quantitative estimate of drug-likeness (QED) is 0.184. The summed E-state index contributed by atoms with van der Waals surface area (Å²) in [5.41, 5.74) is 15.5. The number of hydrogen-bond acceptors (Lipinski definition) is 3. The summed E-state index contributed by atoms with van der Waals surface area (Å²) in [5.74, 6) is 0.204. The molecule has 0 radical (unpaired) electrons. The van der Waals surface area contributed by atoms with E-state index in [4.69, 9.17) is 9.97 Å². The summed E-state index contributed by atoms with van der Waals surface area (Å²) in [7, 11) is 0. The highest BCUT2D eigenvalue weighted by atomic mass is 16.3. The molecular weight excluding hydrogens is 707 g/mol. The second kappa shape index (κ2) is 14.3. The maximum atomic E-state index is 11.0. The molecule has 4 heteroatoms. The molecule has 3 aromatic heterocycles. The third kappa shape index (κ3) is 6.96. The van der Waals surface area contributed by atoms with E-state index in [2.05, 4.69) is 186 Å². The smallest absolute Gasteiger partial charge is 0.124 e. The third-order valence-electron chi connectivity index (χ3n) is 11.2. The minimum atomic E-state index is -0.0296. The third-order valence-corrected chi connectivity index (χ3v) is 11.2. The van der Waals surface area contributed by atoms with Crippen LogP contribution in [0.1, 0.15) is 52.7 Å². The van der Waals surface area contributed by atoms with Crippen LogP contribution in [0.25, 0.3) is 83.5 Å². The van der Waals surface area contributed by atoms with Crippen molar-refractivity contribution in [1.29, 1.82) is 0 Å². The summed E-state index contributed by atoms with van der Waals surface area (Å²) in [6.45, 7) is 13.6. The molecule has 0 aliphatic rings. The Morgan fingerprint density at radius 2 is 1.05 bits per heavy atom. The van der Waals surface area contributed by atoms with Gasteiger partial charge < -0.3 is 9.67 Å². The van der Waals surface area contributed by atoms with Gasteiger partial charge in [-0.25, -0.2) is 4.98 Å². The first-order valence-corrected chi connectivity index (χ1v) is 20.0. The summed E-state index contributed by atoms with van der Waals surface area (Å²) in [4.78, 5) is 10.2. The van der Waals surface area contributed by atoms with E-state index >= 15 is 0 Å². The molecule has 4 nitrogen and oxygen atoms in total. The van der Waals surface area contributed by atoms with Gasteiger partial charge in [-0.15, -0.1) is 0 Å². The highest BCUT2D eigenvalue weighted by molar-refractivity contribution is 6.10. The lowest BCUT2D eigenvalue weighted by atomic mass is 9.79. The zero-order valence-corrected chi connectivity index (χ0v) is 34.0. The van der Waals surface area contributed by atoms with Crippen molar-refractivity contribution in [1.82, 2.24) is 14.5 Å². The Bertz CT molecular complexity index is 2930. The standard InChI is InChI=1S/C54H47N3O/c1-53(2,3)41-28-39(29-42(33-41)54(4,5)6)40-30-48(56-49(31-40)46-20-11-13-22-52(46)58)37-16-14-15-36(27-37)47-26-24-38(34-55-47)35-23-25-45-44-19-10-12-21-50(44)57(51(45)32-35)43-17-8-7-9-18-43/h7-34,58H,1-6H3. The largest absolute Gasteiger partial charge is 0.507 e. The molecule has 58 heavy (non-hydrogen) atoms. The molecule has 0 atom stereocenters. The van der Waals surface area contributed by atoms with Crippen molar-refractivity contribution in [3.05, 3.63) is 181 Å². The predicted octanol–water partition coefficient (Wildman–Crippen LogP) is 14.2. The van der Waals surface area contributed by atoms with Gasteiger partial charge in [0, 0.05) is 44.9 Å². The molecule has 9 rings (SSSR count). The van der Waals surface area contributed by atoms with E-state index in [1.54, 1.807) is 6.07 Å². The van der Waals surface area contributed by atoms with Crippen molar-refractivity contribution < 1.29 is 5.11 Å². The second-order valence-corrected chi connectivity index (χ2v) is 17.4. The van der Waals surface area contributed by atoms with Crippen LogP contribution in [0.3, 0.4) is 0 Å². The van der Waals surface area contributed by atoms with Crippen LogP contribution in [0, 0.1) is 0 Å². The van der Waals surface area contributed by atoms with Crippen molar-refractivity contribution >= 4 is 21.8 Å². The lowest BCUT2D eigenvalue weighted by molar-refractivity contribution is 0.477. The molecular formula is C54H47N3O. The number of nitrogens with zero attached hydrogens (tertiary/aromatic N) is 3. The van der Waals surface area contributed by atoms with E-state index in [-0.39, 0.29) is 16.6 Å². The second-order valence-electron chi connectivity index (χ2n) is 17.4. The minimum absolute atomic E-state index is 0.0296. The fraction of sp³-hybridized carbons (Fsp3) is 0.148. The molecule has 0 aliphatic carbocycles. The summed E-state index contributed by atoms with van der Waals surface area (Å²) in [6.07, 6.45) is 1.98. The van der Waals surface area contributed by atoms with E-state index in [0.717, 1.165) is 56.1 Å². The van der Waals surface area contributed by atoms with Crippen molar-refractivity contribution in [3.63, 3.8) is 0 Å². The van der Waals surface area contributed by atoms with Gasteiger partial charge in [-0.05, 0) is 99.3 Å². The molecule has 284 valence electrons. The molecule has 1 N–H and O–H groups in total. The minimum Gasteiger partial charge on any atom is -0.507 e. The van der Waals surface area contributed by atoms with Crippen molar-refractivity contribution in [3.8, 4) is 67.5 Å². The normalized spacial score (nSPS) is 12.0. The molecule has 6 aromatic carbocycles. The van der Waals surface area contributed by atoms with Crippen molar-refractivity contribution in [2.75, 3.05) is 0 Å². The first-order valence-electron chi connectivity index (χ1n) is 20.0. The van der Waals surface area contributed by atoms with Crippen molar-refractivity contribution in [2.24, 2.45) is 0 Å². The number of phenolic OH excluding ortho intramolecular Hbond substituents is 1. The van der Waals surface area contributed by atoms with E-state index in [1.165, 1.54) is 32.9 Å². The van der Waals surface area contributed by atoms with E-state index in [1.807, 2.05) is 24.4 Å². The fourth-order valence-electron chi connectivity index (χ4n) is 7.91. The zero-order valence-electron chi connectivity index (χ0n) is 34.0. The summed E-state index contributed by atoms with van der Waals surface area (Å²) < 4.78 is 2.35. The number of pyridine rings is 2.